The van der Waals surface area contributed by atoms with Crippen LogP contribution in [0.2, 0.25) is 0 Å². The molecule has 1 heteroatoms. The molecule has 2 aliphatic carbocycles. The molecule has 2 aliphatic rings. The van der Waals surface area contributed by atoms with E-state index in [2.05, 4.69) is 44.2 Å². The molecular weight excluding hydrogens is 362 g/mol. The monoisotopic (exact) mass is 407 g/mol. The van der Waals surface area contributed by atoms with Crippen LogP contribution < -0.4 is 0 Å². The Labute approximate surface area is 186 Å². The Morgan fingerprint density at radius 3 is 2.03 bits per heavy atom. The predicted molar refractivity (Wildman–Crippen MR) is 128 cm³/mol. The number of hydrogen-bond donors (Lipinski definition) is 0. The molecule has 0 aliphatic heterocycles. The lowest BCUT2D eigenvalue weighted by Crippen LogP contribution is -2.22. The Morgan fingerprint density at radius 2 is 1.43 bits per heavy atom. The maximum atomic E-state index is 9.82. The fourth-order valence-electron chi connectivity index (χ4n) is 6.25. The third kappa shape index (κ3) is 6.87. The summed E-state index contributed by atoms with van der Waals surface area (Å²) >= 11 is 0. The van der Waals surface area contributed by atoms with Crippen molar-refractivity contribution in [1.29, 1.82) is 5.26 Å². The Bertz CT molecular complexity index is 623. The van der Waals surface area contributed by atoms with E-state index in [0.717, 1.165) is 24.2 Å². The van der Waals surface area contributed by atoms with Gasteiger partial charge in [0.1, 0.15) is 0 Å². The highest BCUT2D eigenvalue weighted by Gasteiger charge is 2.27. The van der Waals surface area contributed by atoms with E-state index in [1.165, 1.54) is 95.5 Å². The van der Waals surface area contributed by atoms with Crippen LogP contribution in [0.15, 0.2) is 24.3 Å². The van der Waals surface area contributed by atoms with Crippen molar-refractivity contribution in [2.45, 2.75) is 116 Å². The van der Waals surface area contributed by atoms with Gasteiger partial charge in [0.05, 0.1) is 12.0 Å². The minimum Gasteiger partial charge on any atom is -0.198 e. The summed E-state index contributed by atoms with van der Waals surface area (Å²) in [5.74, 6) is 3.49. The highest BCUT2D eigenvalue weighted by atomic mass is 14.4. The molecule has 1 aromatic carbocycles. The van der Waals surface area contributed by atoms with Crippen molar-refractivity contribution in [2.24, 2.45) is 23.7 Å². The summed E-state index contributed by atoms with van der Waals surface area (Å²) in [6.07, 6.45) is 20.1. The average molecular weight is 408 g/mol. The Morgan fingerprint density at radius 1 is 0.800 bits per heavy atom. The molecule has 2 fully saturated rings. The summed E-state index contributed by atoms with van der Waals surface area (Å²) < 4.78 is 0. The van der Waals surface area contributed by atoms with Crippen LogP contribution >= 0.6 is 0 Å². The van der Waals surface area contributed by atoms with Crippen LogP contribution in [0.3, 0.4) is 0 Å². The van der Waals surface area contributed by atoms with Crippen molar-refractivity contribution in [3.63, 3.8) is 0 Å². The quantitative estimate of drug-likeness (QED) is 0.355. The van der Waals surface area contributed by atoms with Gasteiger partial charge in [0.15, 0.2) is 0 Å². The molecule has 0 radical (unpaired) electrons. The molecule has 1 nitrogen and oxygen atoms in total. The number of rotatable bonds is 10. The van der Waals surface area contributed by atoms with Crippen molar-refractivity contribution in [2.75, 3.05) is 0 Å². The fourth-order valence-corrected chi connectivity index (χ4v) is 6.25. The number of hydrogen-bond acceptors (Lipinski definition) is 1. The summed E-state index contributed by atoms with van der Waals surface area (Å²) in [5, 5.41) is 9.82. The number of nitrogens with zero attached hydrogens (tertiary/aromatic N) is 1. The van der Waals surface area contributed by atoms with Gasteiger partial charge in [-0.1, -0.05) is 89.5 Å². The minimum absolute atomic E-state index is 0.206. The van der Waals surface area contributed by atoms with Gasteiger partial charge in [-0.15, -0.1) is 0 Å². The zero-order valence-corrected chi connectivity index (χ0v) is 19.7. The van der Waals surface area contributed by atoms with E-state index >= 15 is 0 Å². The van der Waals surface area contributed by atoms with Crippen LogP contribution in [0, 0.1) is 35.0 Å². The van der Waals surface area contributed by atoms with E-state index in [-0.39, 0.29) is 5.92 Å². The first-order valence-electron chi connectivity index (χ1n) is 13.2. The van der Waals surface area contributed by atoms with Gasteiger partial charge in [-0.05, 0) is 79.7 Å². The topological polar surface area (TPSA) is 23.8 Å². The van der Waals surface area contributed by atoms with Gasteiger partial charge in [-0.3, -0.25) is 0 Å². The molecule has 0 N–H and O–H groups in total. The van der Waals surface area contributed by atoms with E-state index in [1.807, 2.05) is 0 Å². The number of nitriles is 1. The van der Waals surface area contributed by atoms with E-state index < -0.39 is 0 Å². The Hall–Kier alpha value is -1.29. The summed E-state index contributed by atoms with van der Waals surface area (Å²) in [6, 6.07) is 12.1. The van der Waals surface area contributed by atoms with Gasteiger partial charge < -0.3 is 0 Å². The minimum atomic E-state index is 0.206. The highest BCUT2D eigenvalue weighted by molar-refractivity contribution is 5.26. The van der Waals surface area contributed by atoms with Gasteiger partial charge in [0.2, 0.25) is 0 Å². The van der Waals surface area contributed by atoms with Crippen LogP contribution in [0.5, 0.6) is 0 Å². The van der Waals surface area contributed by atoms with Gasteiger partial charge in [-0.2, -0.15) is 5.26 Å². The van der Waals surface area contributed by atoms with Gasteiger partial charge >= 0.3 is 0 Å². The van der Waals surface area contributed by atoms with Crippen LogP contribution in [0.1, 0.15) is 121 Å². The molecule has 30 heavy (non-hydrogen) atoms. The number of unbranched alkanes of at least 4 members (excludes halogenated alkanes) is 2. The van der Waals surface area contributed by atoms with Crippen LogP contribution in [0.25, 0.3) is 0 Å². The average Bonchev–Trinajstić information content (AvgIpc) is 2.79. The Kier molecular flexibility index (Phi) is 9.77. The molecular formula is C29H45N. The van der Waals surface area contributed by atoms with Crippen LogP contribution in [-0.4, -0.2) is 0 Å². The fraction of sp³-hybridized carbons (Fsp3) is 0.759. The predicted octanol–water partition coefficient (Wildman–Crippen LogP) is 8.83. The second kappa shape index (κ2) is 12.5. The zero-order valence-electron chi connectivity index (χ0n) is 19.7. The molecule has 0 bridgehead atoms. The van der Waals surface area contributed by atoms with E-state index in [0.29, 0.717) is 5.92 Å². The van der Waals surface area contributed by atoms with Crippen molar-refractivity contribution >= 4 is 0 Å². The van der Waals surface area contributed by atoms with Crippen molar-refractivity contribution in [3.05, 3.63) is 35.4 Å². The smallest absolute Gasteiger partial charge is 0.0662 e. The molecule has 1 unspecified atom stereocenters. The Balaban J connectivity index is 1.46. The first kappa shape index (κ1) is 23.4. The van der Waals surface area contributed by atoms with Gasteiger partial charge in [0.25, 0.3) is 0 Å². The van der Waals surface area contributed by atoms with Crippen LogP contribution in [-0.2, 0) is 6.42 Å². The standard InChI is InChI=1S/C29H45N/c1-3-5-6-8-24-11-15-26(16-12-24)27-19-13-25(14-20-27)21-29(22-30)28-17-9-23(7-4-2)10-18-28/h13-14,19-20,23-24,26,28-29H,3-12,15-18,21H2,1-2H3. The van der Waals surface area contributed by atoms with Gasteiger partial charge in [-0.25, -0.2) is 0 Å². The second-order valence-electron chi connectivity index (χ2n) is 10.5. The van der Waals surface area contributed by atoms with E-state index in [4.69, 9.17) is 0 Å². The van der Waals surface area contributed by atoms with Crippen LogP contribution in [0.4, 0.5) is 0 Å². The SMILES string of the molecule is CCCCCC1CCC(c2ccc(CC(C#N)C3CCC(CCC)CC3)cc2)CC1. The third-order valence-corrected chi connectivity index (χ3v) is 8.29. The van der Waals surface area contributed by atoms with Crippen molar-refractivity contribution in [3.8, 4) is 6.07 Å². The molecule has 0 amide bonds. The van der Waals surface area contributed by atoms with E-state index in [9.17, 15) is 5.26 Å². The lowest BCUT2D eigenvalue weighted by atomic mass is 9.73. The lowest BCUT2D eigenvalue weighted by Gasteiger charge is -2.31. The molecule has 1 aromatic rings. The maximum absolute atomic E-state index is 9.82. The molecule has 166 valence electrons. The van der Waals surface area contributed by atoms with Crippen molar-refractivity contribution in [1.82, 2.24) is 0 Å². The molecule has 3 rings (SSSR count). The third-order valence-electron chi connectivity index (χ3n) is 8.29. The largest absolute Gasteiger partial charge is 0.198 e. The lowest BCUT2D eigenvalue weighted by molar-refractivity contribution is 0.223. The first-order valence-corrected chi connectivity index (χ1v) is 13.2. The summed E-state index contributed by atoms with van der Waals surface area (Å²) in [4.78, 5) is 0. The highest BCUT2D eigenvalue weighted by Crippen LogP contribution is 2.39. The molecule has 2 saturated carbocycles. The summed E-state index contributed by atoms with van der Waals surface area (Å²) in [5.41, 5.74) is 2.91. The molecule has 0 spiro atoms. The van der Waals surface area contributed by atoms with Crippen molar-refractivity contribution < 1.29 is 0 Å². The number of benzene rings is 1. The molecule has 0 heterocycles. The maximum Gasteiger partial charge on any atom is 0.0662 e. The molecule has 0 aromatic heterocycles. The summed E-state index contributed by atoms with van der Waals surface area (Å²) in [6.45, 7) is 4.60. The summed E-state index contributed by atoms with van der Waals surface area (Å²) in [7, 11) is 0. The van der Waals surface area contributed by atoms with Gasteiger partial charge in [0, 0.05) is 0 Å². The second-order valence-corrected chi connectivity index (χ2v) is 10.5. The molecule has 0 saturated heterocycles. The molecule has 1 atom stereocenters. The normalized spacial score (nSPS) is 28.0. The van der Waals surface area contributed by atoms with E-state index in [1.54, 1.807) is 5.56 Å². The zero-order chi connectivity index (χ0) is 21.2. The first-order chi connectivity index (χ1) is 14.7.